The Morgan fingerprint density at radius 1 is 0.377 bits per heavy atom. The highest BCUT2D eigenvalue weighted by Gasteiger charge is 2.23. The zero-order chi connectivity index (χ0) is 34.9. The molecule has 7 aromatic carbocycles. The zero-order valence-electron chi connectivity index (χ0n) is 28.1. The van der Waals surface area contributed by atoms with E-state index in [1.807, 2.05) is 66.7 Å². The molecule has 7 nitrogen and oxygen atoms in total. The van der Waals surface area contributed by atoms with E-state index in [9.17, 15) is 0 Å². The SMILES string of the molecule is c1ccc(-c2ccc(-c3nc(-c4cccc5oc6cccc(-c7nc8ccccc8o7)c6c45)nc(-n4c5ccccc5c5ccccc54)n3)cc2)cc1. The highest BCUT2D eigenvalue weighted by Crippen LogP contribution is 2.42. The first kappa shape index (κ1) is 29.4. The van der Waals surface area contributed by atoms with E-state index in [1.54, 1.807) is 0 Å². The highest BCUT2D eigenvalue weighted by atomic mass is 16.3. The molecule has 4 heterocycles. The molecule has 4 aromatic heterocycles. The van der Waals surface area contributed by atoms with Gasteiger partial charge in [-0.3, -0.25) is 4.57 Å². The number of rotatable bonds is 5. The van der Waals surface area contributed by atoms with Crippen molar-refractivity contribution in [1.29, 1.82) is 0 Å². The van der Waals surface area contributed by atoms with Crippen molar-refractivity contribution < 1.29 is 8.83 Å². The number of hydrogen-bond donors (Lipinski definition) is 0. The van der Waals surface area contributed by atoms with Gasteiger partial charge in [0.05, 0.1) is 11.0 Å². The van der Waals surface area contributed by atoms with Crippen molar-refractivity contribution in [3.8, 4) is 51.3 Å². The van der Waals surface area contributed by atoms with Crippen LogP contribution in [0.25, 0.3) is 106 Å². The molecule has 0 saturated heterocycles. The van der Waals surface area contributed by atoms with Crippen LogP contribution in [0.5, 0.6) is 0 Å². The third-order valence-electron chi connectivity index (χ3n) is 9.94. The summed E-state index contributed by atoms with van der Waals surface area (Å²) in [6, 6.07) is 55.3. The van der Waals surface area contributed by atoms with Gasteiger partial charge in [-0.1, -0.05) is 121 Å². The van der Waals surface area contributed by atoms with Gasteiger partial charge >= 0.3 is 0 Å². The Balaban J connectivity index is 1.18. The molecule has 248 valence electrons. The van der Waals surface area contributed by atoms with Gasteiger partial charge < -0.3 is 8.83 Å². The Morgan fingerprint density at radius 2 is 0.943 bits per heavy atom. The Hall–Kier alpha value is -7.38. The van der Waals surface area contributed by atoms with Crippen LogP contribution in [0.15, 0.2) is 173 Å². The first-order chi connectivity index (χ1) is 26.3. The van der Waals surface area contributed by atoms with Crippen molar-refractivity contribution in [1.82, 2.24) is 24.5 Å². The van der Waals surface area contributed by atoms with Crippen molar-refractivity contribution in [3.05, 3.63) is 164 Å². The molecule has 0 bridgehead atoms. The Kier molecular flexibility index (Phi) is 6.42. The lowest BCUT2D eigenvalue weighted by Gasteiger charge is -2.12. The number of nitrogens with zero attached hydrogens (tertiary/aromatic N) is 5. The third-order valence-corrected chi connectivity index (χ3v) is 9.94. The van der Waals surface area contributed by atoms with E-state index >= 15 is 0 Å². The standard InChI is InChI=1S/C46H27N5O2/c1-2-12-28(13-3-1)29-24-26-30(27-25-29)43-48-44(50-46(49-43)51-36-19-7-4-14-31(36)32-15-5-8-20-37(32)51)33-16-10-22-39-41(33)42-34(17-11-23-40(42)52-39)45-47-35-18-6-9-21-38(35)53-45/h1-27H. The van der Waals surface area contributed by atoms with Gasteiger partial charge in [0, 0.05) is 38.2 Å². The molecule has 0 aliphatic carbocycles. The summed E-state index contributed by atoms with van der Waals surface area (Å²) in [5.41, 5.74) is 9.79. The summed E-state index contributed by atoms with van der Waals surface area (Å²) >= 11 is 0. The maximum absolute atomic E-state index is 6.49. The van der Waals surface area contributed by atoms with Crippen molar-refractivity contribution in [2.45, 2.75) is 0 Å². The molecule has 11 rings (SSSR count). The molecule has 0 spiro atoms. The van der Waals surface area contributed by atoms with Gasteiger partial charge in [0.15, 0.2) is 17.2 Å². The van der Waals surface area contributed by atoms with E-state index in [-0.39, 0.29) is 0 Å². The second-order valence-electron chi connectivity index (χ2n) is 13.0. The number of hydrogen-bond acceptors (Lipinski definition) is 6. The lowest BCUT2D eigenvalue weighted by Crippen LogP contribution is -2.06. The molecular formula is C46H27N5O2. The predicted octanol–water partition coefficient (Wildman–Crippen LogP) is 11.7. The maximum atomic E-state index is 6.49. The monoisotopic (exact) mass is 681 g/mol. The minimum atomic E-state index is 0.523. The van der Waals surface area contributed by atoms with Crippen molar-refractivity contribution in [2.24, 2.45) is 0 Å². The molecular weight excluding hydrogens is 655 g/mol. The zero-order valence-corrected chi connectivity index (χ0v) is 28.1. The van der Waals surface area contributed by atoms with E-state index in [0.29, 0.717) is 29.1 Å². The van der Waals surface area contributed by atoms with Crippen LogP contribution in [0.4, 0.5) is 0 Å². The quantitative estimate of drug-likeness (QED) is 0.180. The molecule has 0 atom stereocenters. The molecule has 53 heavy (non-hydrogen) atoms. The number of para-hydroxylation sites is 4. The molecule has 0 N–H and O–H groups in total. The lowest BCUT2D eigenvalue weighted by molar-refractivity contribution is 0.620. The normalized spacial score (nSPS) is 11.8. The fourth-order valence-corrected chi connectivity index (χ4v) is 7.51. The van der Waals surface area contributed by atoms with Gasteiger partial charge in [0.1, 0.15) is 16.7 Å². The van der Waals surface area contributed by atoms with Gasteiger partial charge in [-0.05, 0) is 53.6 Å². The molecule has 0 unspecified atom stereocenters. The summed E-state index contributed by atoms with van der Waals surface area (Å²) in [4.78, 5) is 20.5. The van der Waals surface area contributed by atoms with Gasteiger partial charge in [-0.25, -0.2) is 9.97 Å². The van der Waals surface area contributed by atoms with Gasteiger partial charge in [-0.15, -0.1) is 0 Å². The van der Waals surface area contributed by atoms with E-state index in [2.05, 4.69) is 102 Å². The fourth-order valence-electron chi connectivity index (χ4n) is 7.51. The van der Waals surface area contributed by atoms with Crippen LogP contribution in [-0.2, 0) is 0 Å². The first-order valence-electron chi connectivity index (χ1n) is 17.5. The molecule has 0 aliphatic heterocycles. The molecule has 7 heteroatoms. The molecule has 0 saturated carbocycles. The Bertz CT molecular complexity index is 3090. The van der Waals surface area contributed by atoms with Gasteiger partial charge in [0.2, 0.25) is 11.8 Å². The Labute approximate surface area is 302 Å². The minimum Gasteiger partial charge on any atom is -0.456 e. The van der Waals surface area contributed by atoms with Crippen LogP contribution < -0.4 is 0 Å². The van der Waals surface area contributed by atoms with Gasteiger partial charge in [-0.2, -0.15) is 9.97 Å². The number of fused-ring (bicyclic) bond motifs is 7. The van der Waals surface area contributed by atoms with Crippen molar-refractivity contribution in [2.75, 3.05) is 0 Å². The van der Waals surface area contributed by atoms with Crippen molar-refractivity contribution >= 4 is 54.8 Å². The van der Waals surface area contributed by atoms with E-state index < -0.39 is 0 Å². The molecule has 0 amide bonds. The number of benzene rings is 7. The van der Waals surface area contributed by atoms with Crippen LogP contribution in [0.3, 0.4) is 0 Å². The van der Waals surface area contributed by atoms with Gasteiger partial charge in [0.25, 0.3) is 0 Å². The van der Waals surface area contributed by atoms with Crippen LogP contribution in [0, 0.1) is 0 Å². The largest absolute Gasteiger partial charge is 0.456 e. The summed E-state index contributed by atoms with van der Waals surface area (Å²) in [5.74, 6) is 2.14. The number of aromatic nitrogens is 5. The minimum absolute atomic E-state index is 0.523. The van der Waals surface area contributed by atoms with Crippen molar-refractivity contribution in [3.63, 3.8) is 0 Å². The molecule has 0 aliphatic rings. The first-order valence-corrected chi connectivity index (χ1v) is 17.5. The predicted molar refractivity (Wildman–Crippen MR) is 211 cm³/mol. The highest BCUT2D eigenvalue weighted by molar-refractivity contribution is 6.17. The summed E-state index contributed by atoms with van der Waals surface area (Å²) in [5, 5.41) is 4.02. The van der Waals surface area contributed by atoms with Crippen LogP contribution in [0.2, 0.25) is 0 Å². The number of oxazole rings is 1. The average molecular weight is 682 g/mol. The van der Waals surface area contributed by atoms with E-state index in [4.69, 9.17) is 28.8 Å². The van der Waals surface area contributed by atoms with E-state index in [1.165, 1.54) is 0 Å². The molecule has 0 radical (unpaired) electrons. The Morgan fingerprint density at radius 3 is 1.68 bits per heavy atom. The smallest absolute Gasteiger partial charge is 0.238 e. The van der Waals surface area contributed by atoms with Crippen LogP contribution in [0.1, 0.15) is 0 Å². The maximum Gasteiger partial charge on any atom is 0.238 e. The lowest BCUT2D eigenvalue weighted by atomic mass is 10.0. The average Bonchev–Trinajstić information content (AvgIpc) is 3.93. The van der Waals surface area contributed by atoms with Crippen LogP contribution in [-0.4, -0.2) is 24.5 Å². The summed E-state index contributed by atoms with van der Waals surface area (Å²) in [6.45, 7) is 0. The topological polar surface area (TPSA) is 82.8 Å². The summed E-state index contributed by atoms with van der Waals surface area (Å²) in [6.07, 6.45) is 0. The third kappa shape index (κ3) is 4.68. The van der Waals surface area contributed by atoms with E-state index in [0.717, 1.165) is 77.1 Å². The van der Waals surface area contributed by atoms with Crippen LogP contribution >= 0.6 is 0 Å². The summed E-state index contributed by atoms with van der Waals surface area (Å²) < 4.78 is 14.9. The summed E-state index contributed by atoms with van der Waals surface area (Å²) in [7, 11) is 0. The fraction of sp³-hybridized carbons (Fsp3) is 0. The molecule has 0 fully saturated rings. The molecule has 11 aromatic rings. The second kappa shape index (κ2) is 11.6. The number of furan rings is 1. The second-order valence-corrected chi connectivity index (χ2v) is 13.0.